The van der Waals surface area contributed by atoms with E-state index in [1.54, 1.807) is 36.4 Å². The van der Waals surface area contributed by atoms with E-state index in [-0.39, 0.29) is 12.5 Å². The molecule has 0 saturated heterocycles. The Hall–Kier alpha value is -4.13. The molecule has 3 amide bonds. The second-order valence-corrected chi connectivity index (χ2v) is 9.29. The summed E-state index contributed by atoms with van der Waals surface area (Å²) in [4.78, 5) is 36.6. The van der Waals surface area contributed by atoms with Crippen LogP contribution in [0.3, 0.4) is 0 Å². The van der Waals surface area contributed by atoms with E-state index in [4.69, 9.17) is 14.2 Å². The SMILES string of the molecule is COc1ccc(NC(=O)C(=O)N/N=C\c2cc(I)c(OCC(=O)Nc3cc(C)cc(C)c3)c(OC)c2)cc1. The van der Waals surface area contributed by atoms with Crippen LogP contribution in [0, 0.1) is 17.4 Å². The minimum absolute atomic E-state index is 0.216. The minimum Gasteiger partial charge on any atom is -0.497 e. The van der Waals surface area contributed by atoms with Crippen LogP contribution in [0.1, 0.15) is 16.7 Å². The van der Waals surface area contributed by atoms with Gasteiger partial charge in [-0.05, 0) is 102 Å². The number of nitrogens with zero attached hydrogens (tertiary/aromatic N) is 1. The molecule has 3 aromatic rings. The molecule has 38 heavy (non-hydrogen) atoms. The van der Waals surface area contributed by atoms with E-state index in [2.05, 4.69) is 21.2 Å². The van der Waals surface area contributed by atoms with Gasteiger partial charge in [-0.3, -0.25) is 14.4 Å². The van der Waals surface area contributed by atoms with Gasteiger partial charge in [0.05, 0.1) is 24.0 Å². The Morgan fingerprint density at radius 3 is 2.18 bits per heavy atom. The molecule has 11 heteroatoms. The quantitative estimate of drug-likeness (QED) is 0.142. The molecule has 0 fully saturated rings. The fourth-order valence-corrected chi connectivity index (χ4v) is 4.20. The zero-order valence-electron chi connectivity index (χ0n) is 21.3. The molecular weight excluding hydrogens is 603 g/mol. The van der Waals surface area contributed by atoms with Gasteiger partial charge in [-0.25, -0.2) is 5.43 Å². The normalized spacial score (nSPS) is 10.6. The van der Waals surface area contributed by atoms with E-state index >= 15 is 0 Å². The molecule has 0 aliphatic carbocycles. The number of rotatable bonds is 9. The third-order valence-electron chi connectivity index (χ3n) is 5.04. The van der Waals surface area contributed by atoms with Crippen LogP contribution in [-0.2, 0) is 14.4 Å². The highest BCUT2D eigenvalue weighted by molar-refractivity contribution is 14.1. The number of carbonyl (C=O) groups is 3. The lowest BCUT2D eigenvalue weighted by atomic mass is 10.1. The largest absolute Gasteiger partial charge is 0.497 e. The number of benzene rings is 3. The Kier molecular flexibility index (Phi) is 10.0. The number of ether oxygens (including phenoxy) is 3. The van der Waals surface area contributed by atoms with Crippen molar-refractivity contribution in [2.45, 2.75) is 13.8 Å². The van der Waals surface area contributed by atoms with Crippen molar-refractivity contribution >= 4 is 57.9 Å². The van der Waals surface area contributed by atoms with Crippen LogP contribution in [0.2, 0.25) is 0 Å². The molecule has 3 aromatic carbocycles. The zero-order chi connectivity index (χ0) is 27.7. The third-order valence-corrected chi connectivity index (χ3v) is 5.84. The lowest BCUT2D eigenvalue weighted by molar-refractivity contribution is -0.136. The van der Waals surface area contributed by atoms with E-state index in [1.807, 2.05) is 54.6 Å². The summed E-state index contributed by atoms with van der Waals surface area (Å²) in [6.07, 6.45) is 1.36. The first-order valence-electron chi connectivity index (χ1n) is 11.4. The molecule has 10 nitrogen and oxygen atoms in total. The second kappa shape index (κ2) is 13.4. The fourth-order valence-electron chi connectivity index (χ4n) is 3.41. The number of nitrogens with one attached hydrogen (secondary N) is 3. The number of hydrogen-bond acceptors (Lipinski definition) is 7. The van der Waals surface area contributed by atoms with Crippen molar-refractivity contribution in [3.8, 4) is 17.2 Å². The number of hydrazone groups is 1. The first-order chi connectivity index (χ1) is 18.2. The predicted molar refractivity (Wildman–Crippen MR) is 153 cm³/mol. The molecule has 0 saturated carbocycles. The van der Waals surface area contributed by atoms with Gasteiger partial charge in [-0.15, -0.1) is 0 Å². The zero-order valence-corrected chi connectivity index (χ0v) is 23.4. The van der Waals surface area contributed by atoms with Crippen LogP contribution < -0.4 is 30.3 Å². The van der Waals surface area contributed by atoms with Gasteiger partial charge >= 0.3 is 11.8 Å². The van der Waals surface area contributed by atoms with E-state index in [1.165, 1.54) is 20.4 Å². The topological polar surface area (TPSA) is 127 Å². The summed E-state index contributed by atoms with van der Waals surface area (Å²) in [6, 6.07) is 15.7. The van der Waals surface area contributed by atoms with Crippen molar-refractivity contribution in [1.82, 2.24) is 5.43 Å². The molecule has 0 unspecified atom stereocenters. The maximum atomic E-state index is 12.4. The van der Waals surface area contributed by atoms with E-state index < -0.39 is 11.8 Å². The molecule has 0 aliphatic rings. The molecule has 0 bridgehead atoms. The van der Waals surface area contributed by atoms with Crippen molar-refractivity contribution in [2.24, 2.45) is 5.10 Å². The number of aryl methyl sites for hydroxylation is 2. The number of hydrogen-bond donors (Lipinski definition) is 3. The maximum Gasteiger partial charge on any atom is 0.329 e. The monoisotopic (exact) mass is 630 g/mol. The van der Waals surface area contributed by atoms with Crippen LogP contribution in [0.25, 0.3) is 0 Å². The van der Waals surface area contributed by atoms with E-state index in [9.17, 15) is 14.4 Å². The molecular formula is C27H27IN4O6. The first kappa shape index (κ1) is 28.4. The summed E-state index contributed by atoms with van der Waals surface area (Å²) < 4.78 is 16.9. The van der Waals surface area contributed by atoms with E-state index in [0.29, 0.717) is 37.8 Å². The Balaban J connectivity index is 1.57. The molecule has 0 aromatic heterocycles. The van der Waals surface area contributed by atoms with Gasteiger partial charge in [0.2, 0.25) is 0 Å². The minimum atomic E-state index is -0.937. The molecule has 0 radical (unpaired) electrons. The van der Waals surface area contributed by atoms with Crippen molar-refractivity contribution in [3.05, 3.63) is 74.9 Å². The average molecular weight is 630 g/mol. The Morgan fingerprint density at radius 1 is 0.868 bits per heavy atom. The van der Waals surface area contributed by atoms with Gasteiger partial charge in [-0.1, -0.05) is 6.07 Å². The van der Waals surface area contributed by atoms with Crippen molar-refractivity contribution in [2.75, 3.05) is 31.5 Å². The lowest BCUT2D eigenvalue weighted by Crippen LogP contribution is -2.32. The summed E-state index contributed by atoms with van der Waals surface area (Å²) in [5.41, 5.74) is 5.99. The molecule has 3 rings (SSSR count). The molecule has 198 valence electrons. The number of amides is 3. The predicted octanol–water partition coefficient (Wildman–Crippen LogP) is 4.03. The smallest absolute Gasteiger partial charge is 0.329 e. The van der Waals surface area contributed by atoms with Gasteiger partial charge in [0.15, 0.2) is 18.1 Å². The molecule has 0 aliphatic heterocycles. The summed E-state index contributed by atoms with van der Waals surface area (Å²) in [5.74, 6) is -0.728. The summed E-state index contributed by atoms with van der Waals surface area (Å²) >= 11 is 2.05. The molecule has 0 atom stereocenters. The first-order valence-corrected chi connectivity index (χ1v) is 12.4. The number of methoxy groups -OCH3 is 2. The molecule has 0 heterocycles. The van der Waals surface area contributed by atoms with Crippen molar-refractivity contribution in [3.63, 3.8) is 0 Å². The Bertz CT molecular complexity index is 1340. The van der Waals surface area contributed by atoms with Gasteiger partial charge in [0.25, 0.3) is 5.91 Å². The van der Waals surface area contributed by atoms with Gasteiger partial charge < -0.3 is 24.8 Å². The second-order valence-electron chi connectivity index (χ2n) is 8.13. The maximum absolute atomic E-state index is 12.4. The van der Waals surface area contributed by atoms with Crippen molar-refractivity contribution in [1.29, 1.82) is 0 Å². The third kappa shape index (κ3) is 8.20. The summed E-state index contributed by atoms with van der Waals surface area (Å²) in [7, 11) is 3.00. The lowest BCUT2D eigenvalue weighted by Gasteiger charge is -2.14. The van der Waals surface area contributed by atoms with Gasteiger partial charge in [0, 0.05) is 11.4 Å². The highest BCUT2D eigenvalue weighted by Crippen LogP contribution is 2.33. The van der Waals surface area contributed by atoms with Gasteiger partial charge in [-0.2, -0.15) is 5.10 Å². The fraction of sp³-hybridized carbons (Fsp3) is 0.185. The van der Waals surface area contributed by atoms with Crippen LogP contribution >= 0.6 is 22.6 Å². The van der Waals surface area contributed by atoms with Crippen LogP contribution in [0.4, 0.5) is 11.4 Å². The van der Waals surface area contributed by atoms with Gasteiger partial charge in [0.1, 0.15) is 5.75 Å². The molecule has 3 N–H and O–H groups in total. The Morgan fingerprint density at radius 2 is 1.55 bits per heavy atom. The number of anilines is 2. The standard InChI is InChI=1S/C27H27IN4O6/c1-16-9-17(2)11-20(10-16)30-24(33)15-38-25-22(28)12-18(13-23(25)37-4)14-29-32-27(35)26(34)31-19-5-7-21(36-3)8-6-19/h5-14H,15H2,1-4H3,(H,30,33)(H,31,34)(H,32,35)/b29-14-. The highest BCUT2D eigenvalue weighted by Gasteiger charge is 2.15. The van der Waals surface area contributed by atoms with Crippen LogP contribution in [-0.4, -0.2) is 44.8 Å². The van der Waals surface area contributed by atoms with Crippen molar-refractivity contribution < 1.29 is 28.6 Å². The summed E-state index contributed by atoms with van der Waals surface area (Å²) in [5, 5.41) is 9.14. The summed E-state index contributed by atoms with van der Waals surface area (Å²) in [6.45, 7) is 3.70. The number of carbonyl (C=O) groups excluding carboxylic acids is 3. The van der Waals surface area contributed by atoms with E-state index in [0.717, 1.165) is 11.1 Å². The highest BCUT2D eigenvalue weighted by atomic mass is 127. The molecule has 0 spiro atoms. The van der Waals surface area contributed by atoms with Crippen LogP contribution in [0.5, 0.6) is 17.2 Å². The Labute approximate surface area is 233 Å². The number of halogens is 1. The average Bonchev–Trinajstić information content (AvgIpc) is 2.87. The van der Waals surface area contributed by atoms with Crippen LogP contribution in [0.15, 0.2) is 59.7 Å².